The molecule has 1 aromatic rings. The smallest absolute Gasteiger partial charge is 0.330 e. The number of hydrogen-bond acceptors (Lipinski definition) is 6. The maximum atomic E-state index is 12.7. The average Bonchev–Trinajstić information content (AvgIpc) is 2.57. The number of nitrogens with zero attached hydrogens (tertiary/aromatic N) is 1. The molecular formula is C9H11FN2O6. The van der Waals surface area contributed by atoms with Crippen LogP contribution in [-0.2, 0) is 4.74 Å². The summed E-state index contributed by atoms with van der Waals surface area (Å²) in [5.74, 6) is 0. The largest absolute Gasteiger partial charge is 0.387 e. The van der Waals surface area contributed by atoms with Crippen LogP contribution in [0, 0.1) is 0 Å². The zero-order valence-electron chi connectivity index (χ0n) is 8.93. The van der Waals surface area contributed by atoms with Gasteiger partial charge in [0, 0.05) is 12.3 Å². The molecule has 0 spiro atoms. The van der Waals surface area contributed by atoms with Gasteiger partial charge in [0.15, 0.2) is 6.23 Å². The number of ether oxygens (including phenoxy) is 1. The second-order valence-electron chi connectivity index (χ2n) is 3.86. The lowest BCUT2D eigenvalue weighted by atomic mass is 10.1. The second kappa shape index (κ2) is 4.61. The van der Waals surface area contributed by atoms with E-state index in [0.29, 0.717) is 0 Å². The molecule has 9 heteroatoms. The number of aliphatic hydroxyl groups excluding tert-OH is 3. The average molecular weight is 262 g/mol. The van der Waals surface area contributed by atoms with Crippen LogP contribution in [0.25, 0.3) is 0 Å². The minimum Gasteiger partial charge on any atom is -0.387 e. The quantitative estimate of drug-likeness (QED) is 0.465. The molecule has 8 nitrogen and oxygen atoms in total. The van der Waals surface area contributed by atoms with E-state index >= 15 is 0 Å². The third-order valence-corrected chi connectivity index (χ3v) is 2.67. The van der Waals surface area contributed by atoms with Gasteiger partial charge in [0.25, 0.3) is 5.56 Å². The van der Waals surface area contributed by atoms with Gasteiger partial charge in [-0.15, -0.1) is 0 Å². The number of aromatic nitrogens is 2. The van der Waals surface area contributed by atoms with Crippen molar-refractivity contribution >= 4 is 0 Å². The summed E-state index contributed by atoms with van der Waals surface area (Å²) < 4.78 is 18.4. The number of halogens is 1. The van der Waals surface area contributed by atoms with Crippen molar-refractivity contribution in [3.63, 3.8) is 0 Å². The maximum Gasteiger partial charge on any atom is 0.330 e. The molecule has 2 heterocycles. The molecular weight excluding hydrogens is 251 g/mol. The van der Waals surface area contributed by atoms with Crippen molar-refractivity contribution < 1.29 is 24.4 Å². The topological polar surface area (TPSA) is 125 Å². The van der Waals surface area contributed by atoms with Crippen LogP contribution >= 0.6 is 0 Å². The van der Waals surface area contributed by atoms with Crippen LogP contribution in [0.15, 0.2) is 21.9 Å². The van der Waals surface area contributed by atoms with E-state index in [1.807, 2.05) is 4.98 Å². The summed E-state index contributed by atoms with van der Waals surface area (Å²) in [7, 11) is 0. The lowest BCUT2D eigenvalue weighted by Gasteiger charge is -2.16. The molecule has 4 N–H and O–H groups in total. The summed E-state index contributed by atoms with van der Waals surface area (Å²) in [5, 5.41) is 27.8. The van der Waals surface area contributed by atoms with E-state index in [4.69, 9.17) is 9.84 Å². The first kappa shape index (κ1) is 12.9. The van der Waals surface area contributed by atoms with E-state index < -0.39 is 42.1 Å². The van der Waals surface area contributed by atoms with Gasteiger partial charge in [-0.25, -0.2) is 9.18 Å². The normalized spacial score (nSPS) is 33.6. The van der Waals surface area contributed by atoms with Crippen molar-refractivity contribution in [3.05, 3.63) is 33.1 Å². The lowest BCUT2D eigenvalue weighted by molar-refractivity contribution is -0.131. The van der Waals surface area contributed by atoms with Gasteiger partial charge in [-0.05, 0) is 0 Å². The summed E-state index contributed by atoms with van der Waals surface area (Å²) in [6, 6.07) is 1.00. The van der Waals surface area contributed by atoms with Gasteiger partial charge in [-0.3, -0.25) is 14.3 Å². The molecule has 1 saturated heterocycles. The van der Waals surface area contributed by atoms with E-state index in [9.17, 15) is 24.2 Å². The van der Waals surface area contributed by atoms with E-state index in [1.165, 1.54) is 0 Å². The van der Waals surface area contributed by atoms with Crippen molar-refractivity contribution in [1.29, 1.82) is 0 Å². The molecule has 2 unspecified atom stereocenters. The molecule has 18 heavy (non-hydrogen) atoms. The lowest BCUT2D eigenvalue weighted by Crippen LogP contribution is -2.38. The number of alkyl halides is 1. The van der Waals surface area contributed by atoms with Crippen molar-refractivity contribution in [1.82, 2.24) is 9.55 Å². The van der Waals surface area contributed by atoms with Crippen LogP contribution in [0.5, 0.6) is 0 Å². The Morgan fingerprint density at radius 3 is 2.56 bits per heavy atom. The molecule has 1 aromatic heterocycles. The zero-order valence-corrected chi connectivity index (χ0v) is 8.93. The number of aromatic amines is 1. The third-order valence-electron chi connectivity index (χ3n) is 2.67. The van der Waals surface area contributed by atoms with Crippen LogP contribution in [0.1, 0.15) is 6.23 Å². The van der Waals surface area contributed by atoms with E-state index in [2.05, 4.69) is 0 Å². The van der Waals surface area contributed by atoms with Gasteiger partial charge in [-0.1, -0.05) is 0 Å². The number of H-pyrrole nitrogens is 1. The number of rotatable bonds is 2. The summed E-state index contributed by atoms with van der Waals surface area (Å²) in [6.07, 6.45) is -7.81. The Labute approximate surface area is 98.9 Å². The van der Waals surface area contributed by atoms with Gasteiger partial charge < -0.3 is 20.1 Å². The predicted molar refractivity (Wildman–Crippen MR) is 54.4 cm³/mol. The van der Waals surface area contributed by atoms with Crippen molar-refractivity contribution in [3.8, 4) is 0 Å². The maximum absolute atomic E-state index is 12.7. The Morgan fingerprint density at radius 2 is 2.06 bits per heavy atom. The molecule has 1 aliphatic heterocycles. The first-order valence-electron chi connectivity index (χ1n) is 5.07. The van der Waals surface area contributed by atoms with Gasteiger partial charge in [0.1, 0.15) is 18.3 Å². The van der Waals surface area contributed by atoms with E-state index in [-0.39, 0.29) is 0 Å². The minimum atomic E-state index is -2.50. The Balaban J connectivity index is 2.35. The fraction of sp³-hybridized carbons (Fsp3) is 0.556. The Bertz CT molecular complexity index is 540. The van der Waals surface area contributed by atoms with E-state index in [1.54, 1.807) is 0 Å². The fourth-order valence-electron chi connectivity index (χ4n) is 1.77. The zero-order chi connectivity index (χ0) is 13.4. The highest BCUT2D eigenvalue weighted by Crippen LogP contribution is 2.30. The monoisotopic (exact) mass is 262 g/mol. The summed E-state index contributed by atoms with van der Waals surface area (Å²) >= 11 is 0. The van der Waals surface area contributed by atoms with Crippen LogP contribution in [0.2, 0.25) is 0 Å². The van der Waals surface area contributed by atoms with Gasteiger partial charge in [0.2, 0.25) is 6.36 Å². The molecule has 0 amide bonds. The van der Waals surface area contributed by atoms with Crippen LogP contribution in [-0.4, -0.2) is 49.5 Å². The SMILES string of the molecule is O=c1ccn(C2O[C@H](C(O)F)[C@@H](O)[C@H]2O)c(=O)[nH]1. The summed E-state index contributed by atoms with van der Waals surface area (Å²) in [5.41, 5.74) is -1.53. The molecule has 5 atom stereocenters. The summed E-state index contributed by atoms with van der Waals surface area (Å²) in [4.78, 5) is 24.2. The molecule has 0 bridgehead atoms. The highest BCUT2D eigenvalue weighted by molar-refractivity contribution is 4.93. The predicted octanol–water partition coefficient (Wildman–Crippen LogP) is -2.56. The van der Waals surface area contributed by atoms with Crippen LogP contribution in [0.4, 0.5) is 4.39 Å². The standard InChI is InChI=1S/C9H11FN2O6/c10-7(16)6-4(14)5(15)8(18-6)12-2-1-3(13)11-9(12)17/h1-2,4-8,14-16H,(H,11,13,17)/t4-,5+,6-,7?,8?/m0/s1. The molecule has 2 rings (SSSR count). The molecule has 0 aromatic carbocycles. The Hall–Kier alpha value is -1.55. The number of nitrogens with one attached hydrogen (secondary N) is 1. The van der Waals surface area contributed by atoms with Crippen LogP contribution < -0.4 is 11.2 Å². The molecule has 0 saturated carbocycles. The molecule has 100 valence electrons. The molecule has 0 radical (unpaired) electrons. The minimum absolute atomic E-state index is 0.647. The fourth-order valence-corrected chi connectivity index (χ4v) is 1.77. The number of hydrogen-bond donors (Lipinski definition) is 4. The first-order chi connectivity index (χ1) is 8.41. The van der Waals surface area contributed by atoms with E-state index in [0.717, 1.165) is 16.8 Å². The highest BCUT2D eigenvalue weighted by atomic mass is 19.1. The second-order valence-corrected chi connectivity index (χ2v) is 3.86. The molecule has 0 aliphatic carbocycles. The van der Waals surface area contributed by atoms with Gasteiger partial charge in [-0.2, -0.15) is 0 Å². The molecule has 1 fully saturated rings. The third kappa shape index (κ3) is 2.08. The van der Waals surface area contributed by atoms with Crippen LogP contribution in [0.3, 0.4) is 0 Å². The Morgan fingerprint density at radius 1 is 1.39 bits per heavy atom. The van der Waals surface area contributed by atoms with Gasteiger partial charge >= 0.3 is 5.69 Å². The van der Waals surface area contributed by atoms with Crippen molar-refractivity contribution in [2.24, 2.45) is 0 Å². The van der Waals surface area contributed by atoms with Crippen molar-refractivity contribution in [2.45, 2.75) is 30.9 Å². The first-order valence-corrected chi connectivity index (χ1v) is 5.07. The number of aliphatic hydroxyl groups is 3. The van der Waals surface area contributed by atoms with Crippen molar-refractivity contribution in [2.75, 3.05) is 0 Å². The highest BCUT2D eigenvalue weighted by Gasteiger charge is 2.47. The van der Waals surface area contributed by atoms with Gasteiger partial charge in [0.05, 0.1) is 0 Å². The summed E-state index contributed by atoms with van der Waals surface area (Å²) in [6.45, 7) is 0. The Kier molecular flexibility index (Phi) is 3.30. The molecule has 1 aliphatic rings.